The number of aliphatic hydroxyl groups is 1. The van der Waals surface area contributed by atoms with Crippen LogP contribution in [0.4, 0.5) is 0 Å². The van der Waals surface area contributed by atoms with Gasteiger partial charge in [0.2, 0.25) is 0 Å². The van der Waals surface area contributed by atoms with E-state index in [-0.39, 0.29) is 17.6 Å². The Morgan fingerprint density at radius 2 is 2.16 bits per heavy atom. The van der Waals surface area contributed by atoms with E-state index in [0.29, 0.717) is 25.1 Å². The van der Waals surface area contributed by atoms with Crippen LogP contribution in [0.1, 0.15) is 73.9 Å². The maximum atomic E-state index is 13.0. The number of carbonyl (C=O) groups excluding carboxylic acids is 2. The number of nitrogens with zero attached hydrogens (tertiary/aromatic N) is 3. The van der Waals surface area contributed by atoms with Crippen LogP contribution in [-0.4, -0.2) is 55.8 Å². The van der Waals surface area contributed by atoms with Crippen LogP contribution in [0.5, 0.6) is 0 Å². The Hall–Kier alpha value is -1.73. The van der Waals surface area contributed by atoms with E-state index in [4.69, 9.17) is 0 Å². The summed E-state index contributed by atoms with van der Waals surface area (Å²) in [5.41, 5.74) is -1.48. The second kappa shape index (κ2) is 6.53. The molecule has 2 atom stereocenters. The predicted molar refractivity (Wildman–Crippen MR) is 93.4 cm³/mol. The molecule has 7 nitrogen and oxygen atoms in total. The van der Waals surface area contributed by atoms with Crippen LogP contribution in [0.15, 0.2) is 6.07 Å². The van der Waals surface area contributed by atoms with Gasteiger partial charge < -0.3 is 10.0 Å². The zero-order chi connectivity index (χ0) is 18.2. The summed E-state index contributed by atoms with van der Waals surface area (Å²) in [6.45, 7) is 6.54. The standard InChI is InChI=1S/C18H28N4O3/c1-4-9-21-16(24)15-10-14(11-23)20-22(15)12-17(21,2)18(3,25)19-13-7-5-6-8-13/h10-11,13,19,25H,4-9,12H2,1-3H3. The number of carbonyl (C=O) groups is 2. The topological polar surface area (TPSA) is 87.5 Å². The van der Waals surface area contributed by atoms with Crippen molar-refractivity contribution in [3.63, 3.8) is 0 Å². The van der Waals surface area contributed by atoms with Gasteiger partial charge in [-0.25, -0.2) is 0 Å². The van der Waals surface area contributed by atoms with Crippen LogP contribution < -0.4 is 5.32 Å². The first-order valence-corrected chi connectivity index (χ1v) is 9.17. The second-order valence-corrected chi connectivity index (χ2v) is 7.66. The molecule has 3 rings (SSSR count). The van der Waals surface area contributed by atoms with Crippen LogP contribution in [0, 0.1) is 0 Å². The molecule has 2 unspecified atom stereocenters. The van der Waals surface area contributed by atoms with Crippen molar-refractivity contribution in [2.24, 2.45) is 0 Å². The predicted octanol–water partition coefficient (Wildman–Crippen LogP) is 1.56. The molecule has 1 amide bonds. The SMILES string of the molecule is CCCN1C(=O)c2cc(C=O)nn2CC1(C)C(C)(O)NC1CCCC1. The zero-order valence-electron chi connectivity index (χ0n) is 15.3. The summed E-state index contributed by atoms with van der Waals surface area (Å²) in [4.78, 5) is 25.8. The van der Waals surface area contributed by atoms with Crippen molar-refractivity contribution in [3.8, 4) is 0 Å². The third-order valence-corrected chi connectivity index (χ3v) is 5.77. The Bertz CT molecular complexity index is 663. The Kier molecular flexibility index (Phi) is 4.72. The summed E-state index contributed by atoms with van der Waals surface area (Å²) in [5.74, 6) is -0.190. The molecule has 0 saturated heterocycles. The summed E-state index contributed by atoms with van der Waals surface area (Å²) in [6, 6.07) is 1.78. The van der Waals surface area contributed by atoms with E-state index in [1.54, 1.807) is 16.5 Å². The first kappa shape index (κ1) is 18.1. The normalized spacial score (nSPS) is 26.6. The molecule has 0 spiro atoms. The lowest BCUT2D eigenvalue weighted by molar-refractivity contribution is -0.122. The molecule has 1 aliphatic heterocycles. The second-order valence-electron chi connectivity index (χ2n) is 7.66. The van der Waals surface area contributed by atoms with Crippen molar-refractivity contribution < 1.29 is 14.7 Å². The van der Waals surface area contributed by atoms with Gasteiger partial charge in [-0.3, -0.25) is 19.6 Å². The molecule has 0 bridgehead atoms. The quantitative estimate of drug-likeness (QED) is 0.602. The smallest absolute Gasteiger partial charge is 0.272 e. The van der Waals surface area contributed by atoms with Crippen LogP contribution in [-0.2, 0) is 6.54 Å². The van der Waals surface area contributed by atoms with Gasteiger partial charge in [-0.2, -0.15) is 5.10 Å². The van der Waals surface area contributed by atoms with Crippen molar-refractivity contribution in [3.05, 3.63) is 17.5 Å². The fourth-order valence-corrected chi connectivity index (χ4v) is 4.14. The molecule has 2 heterocycles. The Morgan fingerprint density at radius 3 is 2.76 bits per heavy atom. The average molecular weight is 348 g/mol. The summed E-state index contributed by atoms with van der Waals surface area (Å²) < 4.78 is 1.56. The van der Waals surface area contributed by atoms with Crippen molar-refractivity contribution >= 4 is 12.2 Å². The summed E-state index contributed by atoms with van der Waals surface area (Å²) in [5, 5.41) is 18.9. The third kappa shape index (κ3) is 3.00. The summed E-state index contributed by atoms with van der Waals surface area (Å²) >= 11 is 0. The van der Waals surface area contributed by atoms with Crippen LogP contribution in [0.2, 0.25) is 0 Å². The minimum Gasteiger partial charge on any atom is -0.374 e. The molecule has 0 aromatic carbocycles. The monoisotopic (exact) mass is 348 g/mol. The summed E-state index contributed by atoms with van der Waals surface area (Å²) in [7, 11) is 0. The Morgan fingerprint density at radius 1 is 1.48 bits per heavy atom. The molecule has 1 fully saturated rings. The molecule has 2 aliphatic rings. The number of aldehydes is 1. The third-order valence-electron chi connectivity index (χ3n) is 5.77. The molecule has 1 aliphatic carbocycles. The van der Waals surface area contributed by atoms with Gasteiger partial charge in [0.25, 0.3) is 5.91 Å². The number of hydrogen-bond acceptors (Lipinski definition) is 5. The number of aromatic nitrogens is 2. The van der Waals surface area contributed by atoms with E-state index in [1.165, 1.54) is 6.07 Å². The van der Waals surface area contributed by atoms with Gasteiger partial charge in [0.1, 0.15) is 22.7 Å². The molecule has 1 aromatic rings. The Balaban J connectivity index is 1.98. The maximum absolute atomic E-state index is 13.0. The molecule has 25 heavy (non-hydrogen) atoms. The van der Waals surface area contributed by atoms with Gasteiger partial charge >= 0.3 is 0 Å². The molecule has 2 N–H and O–H groups in total. The molecule has 1 saturated carbocycles. The van der Waals surface area contributed by atoms with Crippen molar-refractivity contribution in [2.45, 2.75) is 76.7 Å². The zero-order valence-corrected chi connectivity index (χ0v) is 15.3. The lowest BCUT2D eigenvalue weighted by Gasteiger charge is -2.53. The highest BCUT2D eigenvalue weighted by molar-refractivity contribution is 5.95. The Labute approximate surface area is 148 Å². The maximum Gasteiger partial charge on any atom is 0.272 e. The average Bonchev–Trinajstić information content (AvgIpc) is 3.20. The largest absolute Gasteiger partial charge is 0.374 e. The lowest BCUT2D eigenvalue weighted by Crippen LogP contribution is -2.73. The van der Waals surface area contributed by atoms with Gasteiger partial charge in [0, 0.05) is 12.6 Å². The highest BCUT2D eigenvalue weighted by Crippen LogP contribution is 2.36. The van der Waals surface area contributed by atoms with Gasteiger partial charge in [0.15, 0.2) is 6.29 Å². The van der Waals surface area contributed by atoms with E-state index in [0.717, 1.165) is 32.1 Å². The highest BCUT2D eigenvalue weighted by atomic mass is 16.3. The number of hydrogen-bond donors (Lipinski definition) is 2. The van der Waals surface area contributed by atoms with Crippen LogP contribution >= 0.6 is 0 Å². The molecule has 7 heteroatoms. The summed E-state index contributed by atoms with van der Waals surface area (Å²) in [6.07, 6.45) is 5.83. The highest BCUT2D eigenvalue weighted by Gasteiger charge is 2.54. The van der Waals surface area contributed by atoms with E-state index in [9.17, 15) is 14.7 Å². The fourth-order valence-electron chi connectivity index (χ4n) is 4.14. The number of fused-ring (bicyclic) bond motifs is 1. The minimum absolute atomic E-state index is 0.190. The van der Waals surface area contributed by atoms with Gasteiger partial charge in [-0.05, 0) is 39.2 Å². The fraction of sp³-hybridized carbons (Fsp3) is 0.722. The molecule has 1 aromatic heterocycles. The lowest BCUT2D eigenvalue weighted by atomic mass is 9.84. The molecular formula is C18H28N4O3. The molecule has 0 radical (unpaired) electrons. The minimum atomic E-state index is -1.27. The first-order valence-electron chi connectivity index (χ1n) is 9.17. The van der Waals surface area contributed by atoms with E-state index in [2.05, 4.69) is 10.4 Å². The number of nitrogens with one attached hydrogen (secondary N) is 1. The van der Waals surface area contributed by atoms with E-state index in [1.807, 2.05) is 13.8 Å². The van der Waals surface area contributed by atoms with E-state index < -0.39 is 11.3 Å². The number of rotatable bonds is 6. The molecule has 138 valence electrons. The van der Waals surface area contributed by atoms with Crippen LogP contribution in [0.25, 0.3) is 0 Å². The van der Waals surface area contributed by atoms with Gasteiger partial charge in [0.05, 0.1) is 6.54 Å². The van der Waals surface area contributed by atoms with Gasteiger partial charge in [-0.15, -0.1) is 0 Å². The number of amides is 1. The van der Waals surface area contributed by atoms with Crippen molar-refractivity contribution in [1.29, 1.82) is 0 Å². The molecular weight excluding hydrogens is 320 g/mol. The van der Waals surface area contributed by atoms with Crippen molar-refractivity contribution in [2.75, 3.05) is 6.54 Å². The van der Waals surface area contributed by atoms with Crippen molar-refractivity contribution in [1.82, 2.24) is 20.0 Å². The van der Waals surface area contributed by atoms with Crippen LogP contribution in [0.3, 0.4) is 0 Å². The van der Waals surface area contributed by atoms with E-state index >= 15 is 0 Å². The first-order chi connectivity index (χ1) is 11.8. The van der Waals surface area contributed by atoms with Gasteiger partial charge in [-0.1, -0.05) is 19.8 Å².